The van der Waals surface area contributed by atoms with Gasteiger partial charge in [-0.25, -0.2) is 19.2 Å². The highest BCUT2D eigenvalue weighted by Crippen LogP contribution is 2.36. The number of hydrogen-bond acceptors (Lipinski definition) is 5. The zero-order valence-electron chi connectivity index (χ0n) is 17.0. The van der Waals surface area contributed by atoms with Crippen LogP contribution < -0.4 is 0 Å². The van der Waals surface area contributed by atoms with E-state index in [-0.39, 0.29) is 28.6 Å². The number of aromatic nitrogens is 1. The molecule has 1 aromatic carbocycles. The van der Waals surface area contributed by atoms with Crippen LogP contribution in [0.4, 0.5) is 0 Å². The van der Waals surface area contributed by atoms with Crippen molar-refractivity contribution in [3.63, 3.8) is 0 Å². The number of esters is 1. The van der Waals surface area contributed by atoms with E-state index >= 15 is 0 Å². The molecule has 0 aliphatic rings. The number of unbranched alkanes of at least 4 members (excludes halogenated alkanes) is 2. The van der Waals surface area contributed by atoms with Crippen molar-refractivity contribution in [2.75, 3.05) is 7.11 Å². The second-order valence-corrected chi connectivity index (χ2v) is 7.01. The quantitative estimate of drug-likeness (QED) is 0.365. The number of aromatic carboxylic acids is 3. The molecule has 0 aliphatic carbocycles. The Kier molecular flexibility index (Phi) is 5.96. The summed E-state index contributed by atoms with van der Waals surface area (Å²) in [4.78, 5) is 49.1. The Morgan fingerprint density at radius 1 is 0.871 bits per heavy atom. The van der Waals surface area contributed by atoms with Gasteiger partial charge in [0.1, 0.15) is 5.56 Å². The standard InChI is InChI=1S/C22H21NO8/c1-3-4-5-10-13-15(19(24)25)17(21(28)29)18-16(20(26)27)14(22(30)31-2)11-8-6-7-9-12(11)23(13)18/h6-9H,3-5,10H2,1-2H3,(H,24,25)(H,26,27)(H,28,29). The van der Waals surface area contributed by atoms with Crippen molar-refractivity contribution in [2.45, 2.75) is 32.6 Å². The maximum atomic E-state index is 12.6. The van der Waals surface area contributed by atoms with Crippen LogP contribution in [0.2, 0.25) is 0 Å². The molecular weight excluding hydrogens is 406 g/mol. The van der Waals surface area contributed by atoms with Gasteiger partial charge in [0.25, 0.3) is 0 Å². The summed E-state index contributed by atoms with van der Waals surface area (Å²) in [7, 11) is 1.09. The lowest BCUT2D eigenvalue weighted by molar-refractivity contribution is 0.0584. The van der Waals surface area contributed by atoms with Crippen LogP contribution in [0.25, 0.3) is 16.4 Å². The predicted molar refractivity (Wildman–Crippen MR) is 110 cm³/mol. The molecule has 3 rings (SSSR count). The number of aryl methyl sites for hydroxylation is 1. The van der Waals surface area contributed by atoms with Crippen molar-refractivity contribution >= 4 is 40.3 Å². The van der Waals surface area contributed by atoms with Crippen molar-refractivity contribution in [2.24, 2.45) is 0 Å². The molecule has 0 amide bonds. The largest absolute Gasteiger partial charge is 0.478 e. The average molecular weight is 427 g/mol. The van der Waals surface area contributed by atoms with E-state index in [1.54, 1.807) is 18.2 Å². The van der Waals surface area contributed by atoms with E-state index in [2.05, 4.69) is 0 Å². The van der Waals surface area contributed by atoms with Gasteiger partial charge < -0.3 is 24.5 Å². The molecule has 31 heavy (non-hydrogen) atoms. The van der Waals surface area contributed by atoms with Crippen molar-refractivity contribution in [1.82, 2.24) is 4.40 Å². The molecule has 0 atom stereocenters. The van der Waals surface area contributed by atoms with Crippen LogP contribution in [0, 0.1) is 0 Å². The molecule has 162 valence electrons. The van der Waals surface area contributed by atoms with Gasteiger partial charge in [-0.2, -0.15) is 0 Å². The molecule has 0 fully saturated rings. The van der Waals surface area contributed by atoms with Crippen LogP contribution in [0.15, 0.2) is 24.3 Å². The summed E-state index contributed by atoms with van der Waals surface area (Å²) < 4.78 is 6.13. The van der Waals surface area contributed by atoms with E-state index in [0.29, 0.717) is 11.9 Å². The number of nitrogens with zero attached hydrogens (tertiary/aromatic N) is 1. The molecule has 9 nitrogen and oxygen atoms in total. The Morgan fingerprint density at radius 2 is 1.45 bits per heavy atom. The molecule has 2 heterocycles. The molecule has 0 aliphatic heterocycles. The number of fused-ring (bicyclic) bond motifs is 3. The minimum absolute atomic E-state index is 0.184. The van der Waals surface area contributed by atoms with E-state index in [0.717, 1.165) is 20.0 Å². The van der Waals surface area contributed by atoms with Gasteiger partial charge in [-0.05, 0) is 18.9 Å². The normalized spacial score (nSPS) is 11.0. The maximum Gasteiger partial charge on any atom is 0.339 e. The number of pyridine rings is 1. The topological polar surface area (TPSA) is 143 Å². The number of rotatable bonds is 8. The highest BCUT2D eigenvalue weighted by molar-refractivity contribution is 6.20. The Hall–Kier alpha value is -3.88. The molecule has 3 aromatic rings. The van der Waals surface area contributed by atoms with Gasteiger partial charge >= 0.3 is 23.9 Å². The van der Waals surface area contributed by atoms with Crippen LogP contribution >= 0.6 is 0 Å². The van der Waals surface area contributed by atoms with Crippen molar-refractivity contribution in [1.29, 1.82) is 0 Å². The number of methoxy groups -OCH3 is 1. The molecule has 2 aromatic heterocycles. The Bertz CT molecular complexity index is 1240. The number of carboxylic acids is 3. The van der Waals surface area contributed by atoms with E-state index < -0.39 is 40.6 Å². The van der Waals surface area contributed by atoms with Gasteiger partial charge in [0.15, 0.2) is 0 Å². The number of ether oxygens (including phenoxy) is 1. The average Bonchev–Trinajstić information content (AvgIpc) is 3.07. The lowest BCUT2D eigenvalue weighted by Gasteiger charge is -2.15. The first-order valence-corrected chi connectivity index (χ1v) is 9.66. The first-order valence-electron chi connectivity index (χ1n) is 9.66. The predicted octanol–water partition coefficient (Wildman–Crippen LogP) is 3.71. The van der Waals surface area contributed by atoms with Crippen molar-refractivity contribution < 1.29 is 39.2 Å². The molecular formula is C22H21NO8. The van der Waals surface area contributed by atoms with Gasteiger partial charge in [0.05, 0.1) is 34.8 Å². The molecule has 3 N–H and O–H groups in total. The first-order chi connectivity index (χ1) is 14.8. The Balaban J connectivity index is 2.69. The maximum absolute atomic E-state index is 12.6. The molecule has 0 spiro atoms. The second-order valence-electron chi connectivity index (χ2n) is 7.01. The highest BCUT2D eigenvalue weighted by Gasteiger charge is 2.35. The van der Waals surface area contributed by atoms with Crippen molar-refractivity contribution in [3.8, 4) is 0 Å². The number of benzene rings is 1. The number of carbonyl (C=O) groups excluding carboxylic acids is 1. The number of hydrogen-bond donors (Lipinski definition) is 3. The van der Waals surface area contributed by atoms with Crippen LogP contribution in [-0.2, 0) is 11.2 Å². The third kappa shape index (κ3) is 3.48. The third-order valence-electron chi connectivity index (χ3n) is 5.22. The molecule has 9 heteroatoms. The molecule has 0 saturated carbocycles. The number of carboxylic acid groups (broad SMARTS) is 3. The van der Waals surface area contributed by atoms with Gasteiger partial charge in [0, 0.05) is 11.1 Å². The van der Waals surface area contributed by atoms with Gasteiger partial charge in [-0.3, -0.25) is 0 Å². The van der Waals surface area contributed by atoms with Gasteiger partial charge in [0.2, 0.25) is 0 Å². The van der Waals surface area contributed by atoms with Crippen LogP contribution in [0.3, 0.4) is 0 Å². The first kappa shape index (κ1) is 21.8. The van der Waals surface area contributed by atoms with Gasteiger partial charge in [-0.1, -0.05) is 38.0 Å². The molecule has 0 bridgehead atoms. The summed E-state index contributed by atoms with van der Waals surface area (Å²) >= 11 is 0. The summed E-state index contributed by atoms with van der Waals surface area (Å²) in [6.45, 7) is 1.97. The third-order valence-corrected chi connectivity index (χ3v) is 5.22. The highest BCUT2D eigenvalue weighted by atomic mass is 16.5. The fourth-order valence-corrected chi connectivity index (χ4v) is 4.00. The Morgan fingerprint density at radius 3 is 2.00 bits per heavy atom. The fourth-order valence-electron chi connectivity index (χ4n) is 4.00. The summed E-state index contributed by atoms with van der Waals surface area (Å²) in [5.41, 5.74) is -1.90. The SMILES string of the molecule is CCCCCc1c(C(=O)O)c(C(=O)O)c2c(C(=O)O)c(C(=O)OC)c3ccccc3n12. The Labute approximate surface area is 176 Å². The van der Waals surface area contributed by atoms with Crippen LogP contribution in [-0.4, -0.2) is 50.7 Å². The van der Waals surface area contributed by atoms with Gasteiger partial charge in [-0.15, -0.1) is 0 Å². The zero-order valence-corrected chi connectivity index (χ0v) is 17.0. The van der Waals surface area contributed by atoms with Crippen molar-refractivity contribution in [3.05, 3.63) is 52.2 Å². The van der Waals surface area contributed by atoms with E-state index in [4.69, 9.17) is 4.74 Å². The fraction of sp³-hybridized carbons (Fsp3) is 0.273. The smallest absolute Gasteiger partial charge is 0.339 e. The zero-order chi connectivity index (χ0) is 22.9. The van der Waals surface area contributed by atoms with E-state index in [1.165, 1.54) is 10.5 Å². The minimum Gasteiger partial charge on any atom is -0.478 e. The lowest BCUT2D eigenvalue weighted by atomic mass is 9.99. The van der Waals surface area contributed by atoms with E-state index in [9.17, 15) is 34.5 Å². The molecule has 0 unspecified atom stereocenters. The summed E-state index contributed by atoms with van der Waals surface area (Å²) in [5.74, 6) is -5.59. The molecule has 0 radical (unpaired) electrons. The molecule has 0 saturated heterocycles. The van der Waals surface area contributed by atoms with Crippen LogP contribution in [0.5, 0.6) is 0 Å². The summed E-state index contributed by atoms with van der Waals surface area (Å²) in [6.07, 6.45) is 2.44. The minimum atomic E-state index is -1.59. The monoisotopic (exact) mass is 427 g/mol. The number of carbonyl (C=O) groups is 4. The van der Waals surface area contributed by atoms with Crippen LogP contribution in [0.1, 0.15) is 73.3 Å². The summed E-state index contributed by atoms with van der Waals surface area (Å²) in [5, 5.41) is 29.9. The second kappa shape index (κ2) is 8.47. The van der Waals surface area contributed by atoms with E-state index in [1.807, 2.05) is 6.92 Å². The summed E-state index contributed by atoms with van der Waals surface area (Å²) in [6, 6.07) is 6.34. The number of para-hydroxylation sites is 1. The lowest BCUT2D eigenvalue weighted by Crippen LogP contribution is -2.15.